The molecule has 0 aliphatic rings. The number of aromatic nitrogens is 2. The largest absolute Gasteiger partial charge is 0.374 e. The van der Waals surface area contributed by atoms with E-state index >= 15 is 0 Å². The Morgan fingerprint density at radius 3 is 2.57 bits per heavy atom. The summed E-state index contributed by atoms with van der Waals surface area (Å²) in [6.45, 7) is 0. The molecule has 8 heteroatoms. The third kappa shape index (κ3) is 3.54. The van der Waals surface area contributed by atoms with Crippen molar-refractivity contribution in [1.29, 1.82) is 0 Å². The molecule has 0 saturated heterocycles. The second kappa shape index (κ2) is 5.20. The van der Waals surface area contributed by atoms with Crippen molar-refractivity contribution in [2.75, 3.05) is 11.5 Å². The summed E-state index contributed by atoms with van der Waals surface area (Å²) in [6.07, 6.45) is -2.57. The molecule has 1 aromatic rings. The summed E-state index contributed by atoms with van der Waals surface area (Å²) in [5, 5.41) is 7.46. The van der Waals surface area contributed by atoms with Gasteiger partial charge in [-0.25, -0.2) is 4.39 Å². The summed E-state index contributed by atoms with van der Waals surface area (Å²) in [5.74, 6) is -1.19. The number of rotatable bonds is 4. The van der Waals surface area contributed by atoms with Gasteiger partial charge in [0.1, 0.15) is 0 Å². The topological polar surface area (TPSA) is 51.8 Å². The molecule has 1 aromatic heterocycles. The van der Waals surface area contributed by atoms with Gasteiger partial charge in [-0.3, -0.25) is 0 Å². The molecule has 0 amide bonds. The van der Waals surface area contributed by atoms with Crippen LogP contribution in [-0.4, -0.2) is 16.0 Å². The predicted octanol–water partition coefficient (Wildman–Crippen LogP) is 2.68. The predicted molar refractivity (Wildman–Crippen MR) is 50.0 cm³/mol. The lowest BCUT2D eigenvalue weighted by atomic mass is 10.4. The van der Waals surface area contributed by atoms with Gasteiger partial charge in [0.25, 0.3) is 0 Å². The minimum Gasteiger partial charge on any atom is -0.374 e. The molecule has 2 N–H and O–H groups in total. The van der Waals surface area contributed by atoms with E-state index < -0.39 is 11.9 Å². The summed E-state index contributed by atoms with van der Waals surface area (Å²) >= 11 is 2.28. The van der Waals surface area contributed by atoms with Crippen molar-refractivity contribution in [2.24, 2.45) is 0 Å². The van der Waals surface area contributed by atoms with Crippen LogP contribution in [0.15, 0.2) is 16.2 Å². The second-order valence-corrected chi connectivity index (χ2v) is 4.52. The molecule has 0 aliphatic heterocycles. The first-order valence-electron chi connectivity index (χ1n) is 3.51. The number of nitrogens with two attached hydrogens (primary N) is 1. The van der Waals surface area contributed by atoms with Gasteiger partial charge in [0.2, 0.25) is 5.13 Å². The fourth-order valence-electron chi connectivity index (χ4n) is 0.601. The van der Waals surface area contributed by atoms with Crippen molar-refractivity contribution in [3.05, 3.63) is 11.9 Å². The van der Waals surface area contributed by atoms with Crippen molar-refractivity contribution in [2.45, 2.75) is 10.8 Å². The molecule has 0 unspecified atom stereocenters. The summed E-state index contributed by atoms with van der Waals surface area (Å²) in [4.78, 5) is 0. The van der Waals surface area contributed by atoms with Crippen molar-refractivity contribution < 1.29 is 13.2 Å². The third-order valence-electron chi connectivity index (χ3n) is 1.17. The molecule has 0 fully saturated rings. The van der Waals surface area contributed by atoms with Gasteiger partial charge >= 0.3 is 6.08 Å². The number of hydrogen-bond donors (Lipinski definition) is 1. The number of allylic oxidation sites excluding steroid dienone is 1. The third-order valence-corrected chi connectivity index (χ3v) is 3.06. The van der Waals surface area contributed by atoms with Crippen LogP contribution in [-0.2, 0) is 0 Å². The molecule has 78 valence electrons. The Hall–Kier alpha value is -0.760. The van der Waals surface area contributed by atoms with Crippen LogP contribution in [0, 0.1) is 0 Å². The van der Waals surface area contributed by atoms with Crippen molar-refractivity contribution >= 4 is 28.2 Å². The highest BCUT2D eigenvalue weighted by Crippen LogP contribution is 2.26. The molecule has 0 spiro atoms. The van der Waals surface area contributed by atoms with Crippen LogP contribution in [0.2, 0.25) is 0 Å². The maximum Gasteiger partial charge on any atom is 0.301 e. The fourth-order valence-corrected chi connectivity index (χ4v) is 2.24. The smallest absolute Gasteiger partial charge is 0.301 e. The zero-order valence-corrected chi connectivity index (χ0v) is 8.47. The molecule has 0 aromatic carbocycles. The first-order valence-corrected chi connectivity index (χ1v) is 5.31. The van der Waals surface area contributed by atoms with E-state index in [9.17, 15) is 13.2 Å². The summed E-state index contributed by atoms with van der Waals surface area (Å²) in [6, 6.07) is 0. The number of nitrogens with zero attached hydrogens (tertiary/aromatic N) is 2. The van der Waals surface area contributed by atoms with Crippen molar-refractivity contribution in [3.63, 3.8) is 0 Å². The summed E-state index contributed by atoms with van der Waals surface area (Å²) in [7, 11) is 0. The number of anilines is 1. The molecule has 0 bridgehead atoms. The zero-order chi connectivity index (χ0) is 10.6. The van der Waals surface area contributed by atoms with Crippen LogP contribution in [0.25, 0.3) is 0 Å². The molecule has 0 aliphatic carbocycles. The van der Waals surface area contributed by atoms with Crippen LogP contribution in [0.1, 0.15) is 6.42 Å². The van der Waals surface area contributed by atoms with Crippen LogP contribution in [0.4, 0.5) is 18.3 Å². The van der Waals surface area contributed by atoms with E-state index in [1.807, 2.05) is 0 Å². The fraction of sp³-hybridized carbons (Fsp3) is 0.333. The second-order valence-electron chi connectivity index (χ2n) is 2.17. The molecule has 0 saturated carbocycles. The van der Waals surface area contributed by atoms with Gasteiger partial charge in [0, 0.05) is 12.2 Å². The lowest BCUT2D eigenvalue weighted by Gasteiger charge is -1.93. The van der Waals surface area contributed by atoms with Gasteiger partial charge < -0.3 is 5.73 Å². The first-order chi connectivity index (χ1) is 6.59. The van der Waals surface area contributed by atoms with E-state index in [1.165, 1.54) is 0 Å². The van der Waals surface area contributed by atoms with Crippen molar-refractivity contribution in [1.82, 2.24) is 10.2 Å². The maximum absolute atomic E-state index is 12.3. The van der Waals surface area contributed by atoms with Crippen LogP contribution < -0.4 is 5.73 Å². The molecule has 0 radical (unpaired) electrons. The van der Waals surface area contributed by atoms with E-state index in [2.05, 4.69) is 10.2 Å². The highest BCUT2D eigenvalue weighted by atomic mass is 32.2. The van der Waals surface area contributed by atoms with Gasteiger partial charge in [-0.1, -0.05) is 23.1 Å². The average Bonchev–Trinajstić information content (AvgIpc) is 2.51. The van der Waals surface area contributed by atoms with Crippen LogP contribution >= 0.6 is 23.1 Å². The molecule has 14 heavy (non-hydrogen) atoms. The number of hydrogen-bond acceptors (Lipinski definition) is 5. The van der Waals surface area contributed by atoms with Crippen LogP contribution in [0.3, 0.4) is 0 Å². The van der Waals surface area contributed by atoms with Gasteiger partial charge in [0.15, 0.2) is 10.2 Å². The minimum absolute atomic E-state index is 0.192. The molecule has 1 heterocycles. The normalized spacial score (nSPS) is 10.2. The standard InChI is InChI=1S/C6H6F3N3S2/c7-3(4(8)9)1-2-13-6-12-11-5(10)14-6/h1-2H2,(H2,10,11). The Kier molecular flexibility index (Phi) is 4.21. The molecular weight excluding hydrogens is 235 g/mol. The molecule has 0 atom stereocenters. The van der Waals surface area contributed by atoms with E-state index in [0.717, 1.165) is 23.1 Å². The molecule has 1 rings (SSSR count). The Morgan fingerprint density at radius 2 is 2.07 bits per heavy atom. The Morgan fingerprint density at radius 1 is 1.36 bits per heavy atom. The highest BCUT2D eigenvalue weighted by Gasteiger charge is 2.06. The summed E-state index contributed by atoms with van der Waals surface area (Å²) < 4.78 is 36.1. The van der Waals surface area contributed by atoms with Gasteiger partial charge in [-0.15, -0.1) is 10.2 Å². The first kappa shape index (κ1) is 11.3. The quantitative estimate of drug-likeness (QED) is 0.823. The Bertz CT molecular complexity index is 335. The number of nitrogen functional groups attached to an aromatic ring is 1. The van der Waals surface area contributed by atoms with Gasteiger partial charge in [0.05, 0.1) is 0 Å². The molecule has 3 nitrogen and oxygen atoms in total. The van der Waals surface area contributed by atoms with Gasteiger partial charge in [-0.2, -0.15) is 8.78 Å². The van der Waals surface area contributed by atoms with E-state index in [1.54, 1.807) is 0 Å². The van der Waals surface area contributed by atoms with Crippen molar-refractivity contribution in [3.8, 4) is 0 Å². The lowest BCUT2D eigenvalue weighted by Crippen LogP contribution is -1.82. The Labute approximate surface area is 86.2 Å². The molecular formula is C6H6F3N3S2. The minimum atomic E-state index is -2.26. The van der Waals surface area contributed by atoms with E-state index in [4.69, 9.17) is 5.73 Å². The Balaban J connectivity index is 2.32. The lowest BCUT2D eigenvalue weighted by molar-refractivity contribution is 0.373. The van der Waals surface area contributed by atoms with Gasteiger partial charge in [-0.05, 0) is 0 Å². The maximum atomic E-state index is 12.3. The SMILES string of the molecule is Nc1nnc(SCCC(F)=C(F)F)s1. The monoisotopic (exact) mass is 241 g/mol. The zero-order valence-electron chi connectivity index (χ0n) is 6.84. The number of thioether (sulfide) groups is 1. The average molecular weight is 241 g/mol. The van der Waals surface area contributed by atoms with E-state index in [-0.39, 0.29) is 12.2 Å². The van der Waals surface area contributed by atoms with E-state index in [0.29, 0.717) is 9.47 Å². The summed E-state index contributed by atoms with van der Waals surface area (Å²) in [5.41, 5.74) is 5.29. The number of halogens is 3. The highest BCUT2D eigenvalue weighted by molar-refractivity contribution is 8.01. The van der Waals surface area contributed by atoms with Crippen LogP contribution in [0.5, 0.6) is 0 Å².